The molecule has 2 N–H and O–H groups in total. The molecular formula is C19H20ClN3O2S. The van der Waals surface area contributed by atoms with E-state index in [1.807, 2.05) is 43.3 Å². The summed E-state index contributed by atoms with van der Waals surface area (Å²) in [5.74, 6) is 0.817. The zero-order valence-electron chi connectivity index (χ0n) is 14.6. The van der Waals surface area contributed by atoms with Crippen molar-refractivity contribution in [1.29, 1.82) is 0 Å². The van der Waals surface area contributed by atoms with Crippen LogP contribution in [0.3, 0.4) is 0 Å². The van der Waals surface area contributed by atoms with E-state index in [4.69, 9.17) is 16.3 Å². The van der Waals surface area contributed by atoms with Crippen molar-refractivity contribution in [2.45, 2.75) is 23.8 Å². The number of fused-ring (bicyclic) bond motifs is 1. The fourth-order valence-corrected chi connectivity index (χ4v) is 3.52. The molecule has 2 aromatic carbocycles. The zero-order valence-corrected chi connectivity index (χ0v) is 16.2. The standard InChI is InChI=1S/C19H20ClN3O2S/c1-12(26-19-22-16-8-5-14(20)11-17(16)23-19)18(24)21-10-9-13-3-6-15(25-2)7-4-13/h3-8,11-12H,9-10H2,1-2H3,(H,21,24)(H,22,23). The number of thioether (sulfide) groups is 1. The van der Waals surface area contributed by atoms with Crippen LogP contribution in [0.4, 0.5) is 0 Å². The van der Waals surface area contributed by atoms with Gasteiger partial charge in [0.05, 0.1) is 23.4 Å². The van der Waals surface area contributed by atoms with Crippen LogP contribution >= 0.6 is 23.4 Å². The number of amides is 1. The van der Waals surface area contributed by atoms with Crippen molar-refractivity contribution < 1.29 is 9.53 Å². The molecule has 0 aliphatic heterocycles. The minimum absolute atomic E-state index is 0.0120. The summed E-state index contributed by atoms with van der Waals surface area (Å²) in [7, 11) is 1.64. The summed E-state index contributed by atoms with van der Waals surface area (Å²) >= 11 is 7.38. The van der Waals surface area contributed by atoms with Crippen LogP contribution in [0.15, 0.2) is 47.6 Å². The highest BCUT2D eigenvalue weighted by molar-refractivity contribution is 8.00. The molecule has 1 atom stereocenters. The Morgan fingerprint density at radius 2 is 2.08 bits per heavy atom. The Morgan fingerprint density at radius 1 is 1.31 bits per heavy atom. The molecule has 0 aliphatic rings. The first kappa shape index (κ1) is 18.6. The Morgan fingerprint density at radius 3 is 2.81 bits per heavy atom. The van der Waals surface area contributed by atoms with E-state index in [9.17, 15) is 4.79 Å². The molecule has 1 heterocycles. The van der Waals surface area contributed by atoms with E-state index >= 15 is 0 Å². The Labute approximate surface area is 161 Å². The quantitative estimate of drug-likeness (QED) is 0.598. The maximum atomic E-state index is 12.3. The number of carbonyl (C=O) groups is 1. The summed E-state index contributed by atoms with van der Waals surface area (Å²) in [6.07, 6.45) is 0.774. The highest BCUT2D eigenvalue weighted by atomic mass is 35.5. The molecule has 0 radical (unpaired) electrons. The molecule has 1 aromatic heterocycles. The molecule has 0 saturated heterocycles. The fourth-order valence-electron chi connectivity index (χ4n) is 2.50. The molecule has 0 bridgehead atoms. The smallest absolute Gasteiger partial charge is 0.233 e. The van der Waals surface area contributed by atoms with E-state index in [0.29, 0.717) is 16.7 Å². The Bertz CT molecular complexity index is 895. The highest BCUT2D eigenvalue weighted by Gasteiger charge is 2.16. The van der Waals surface area contributed by atoms with Gasteiger partial charge in [0.25, 0.3) is 0 Å². The van der Waals surface area contributed by atoms with E-state index in [-0.39, 0.29) is 11.2 Å². The maximum absolute atomic E-state index is 12.3. The lowest BCUT2D eigenvalue weighted by molar-refractivity contribution is -0.120. The van der Waals surface area contributed by atoms with Crippen molar-refractivity contribution in [2.24, 2.45) is 0 Å². The van der Waals surface area contributed by atoms with E-state index in [1.54, 1.807) is 13.2 Å². The average Bonchev–Trinajstić information content (AvgIpc) is 3.03. The number of carbonyl (C=O) groups excluding carboxylic acids is 1. The van der Waals surface area contributed by atoms with Crippen molar-refractivity contribution in [3.05, 3.63) is 53.1 Å². The third-order valence-electron chi connectivity index (χ3n) is 3.95. The molecule has 26 heavy (non-hydrogen) atoms. The summed E-state index contributed by atoms with van der Waals surface area (Å²) in [4.78, 5) is 20.0. The molecule has 0 fully saturated rings. The van der Waals surface area contributed by atoms with Crippen LogP contribution in [0, 0.1) is 0 Å². The van der Waals surface area contributed by atoms with Crippen LogP contribution in [0.5, 0.6) is 5.75 Å². The van der Waals surface area contributed by atoms with Gasteiger partial charge in [0.15, 0.2) is 5.16 Å². The minimum atomic E-state index is -0.248. The number of benzene rings is 2. The largest absolute Gasteiger partial charge is 0.497 e. The Hall–Kier alpha value is -2.18. The number of methoxy groups -OCH3 is 1. The third kappa shape index (κ3) is 4.71. The van der Waals surface area contributed by atoms with E-state index in [0.717, 1.165) is 28.8 Å². The molecule has 0 saturated carbocycles. The summed E-state index contributed by atoms with van der Waals surface area (Å²) < 4.78 is 5.14. The average molecular weight is 390 g/mol. The van der Waals surface area contributed by atoms with Crippen molar-refractivity contribution in [3.63, 3.8) is 0 Å². The van der Waals surface area contributed by atoms with E-state index in [1.165, 1.54) is 11.8 Å². The van der Waals surface area contributed by atoms with Gasteiger partial charge in [0.1, 0.15) is 5.75 Å². The number of H-pyrrole nitrogens is 1. The monoisotopic (exact) mass is 389 g/mol. The van der Waals surface area contributed by atoms with Gasteiger partial charge in [-0.2, -0.15) is 0 Å². The predicted molar refractivity (Wildman–Crippen MR) is 106 cm³/mol. The number of aromatic amines is 1. The van der Waals surface area contributed by atoms with E-state index in [2.05, 4.69) is 15.3 Å². The first-order valence-corrected chi connectivity index (χ1v) is 9.53. The molecule has 3 aromatic rings. The van der Waals surface area contributed by atoms with Crippen molar-refractivity contribution in [2.75, 3.05) is 13.7 Å². The third-order valence-corrected chi connectivity index (χ3v) is 5.17. The van der Waals surface area contributed by atoms with Crippen LogP contribution < -0.4 is 10.1 Å². The van der Waals surface area contributed by atoms with Crippen molar-refractivity contribution in [1.82, 2.24) is 15.3 Å². The van der Waals surface area contributed by atoms with Gasteiger partial charge in [-0.05, 0) is 49.2 Å². The molecular weight excluding hydrogens is 370 g/mol. The molecule has 1 amide bonds. The molecule has 0 spiro atoms. The number of halogens is 1. The number of nitrogens with zero attached hydrogens (tertiary/aromatic N) is 1. The minimum Gasteiger partial charge on any atom is -0.497 e. The number of hydrogen-bond acceptors (Lipinski definition) is 4. The lowest BCUT2D eigenvalue weighted by Crippen LogP contribution is -2.32. The first-order chi connectivity index (χ1) is 12.5. The molecule has 136 valence electrons. The molecule has 1 unspecified atom stereocenters. The van der Waals surface area contributed by atoms with Gasteiger partial charge in [-0.25, -0.2) is 4.98 Å². The highest BCUT2D eigenvalue weighted by Crippen LogP contribution is 2.25. The second-order valence-corrected chi connectivity index (χ2v) is 7.62. The summed E-state index contributed by atoms with van der Waals surface area (Å²) in [5.41, 5.74) is 2.86. The molecule has 0 aliphatic carbocycles. The molecule has 3 rings (SSSR count). The number of nitrogens with one attached hydrogen (secondary N) is 2. The fraction of sp³-hybridized carbons (Fsp3) is 0.263. The topological polar surface area (TPSA) is 67.0 Å². The summed E-state index contributed by atoms with van der Waals surface area (Å²) in [6, 6.07) is 13.3. The van der Waals surface area contributed by atoms with Gasteiger partial charge in [0, 0.05) is 11.6 Å². The van der Waals surface area contributed by atoms with Crippen molar-refractivity contribution in [3.8, 4) is 5.75 Å². The lowest BCUT2D eigenvalue weighted by Gasteiger charge is -2.10. The molecule has 5 nitrogen and oxygen atoms in total. The van der Waals surface area contributed by atoms with Gasteiger partial charge in [-0.3, -0.25) is 4.79 Å². The SMILES string of the molecule is COc1ccc(CCNC(=O)C(C)Sc2nc3ccc(Cl)cc3[nH]2)cc1. The van der Waals surface area contributed by atoms with E-state index < -0.39 is 0 Å². The van der Waals surface area contributed by atoms with Gasteiger partial charge in [-0.15, -0.1) is 0 Å². The second kappa shape index (κ2) is 8.47. The summed E-state index contributed by atoms with van der Waals surface area (Å²) in [5, 5.41) is 4.08. The normalized spacial score (nSPS) is 12.1. The van der Waals surface area contributed by atoms with Crippen molar-refractivity contribution >= 4 is 40.3 Å². The van der Waals surface area contributed by atoms with Crippen LogP contribution in [0.25, 0.3) is 11.0 Å². The van der Waals surface area contributed by atoms with Crippen LogP contribution in [-0.4, -0.2) is 34.8 Å². The number of hydrogen-bond donors (Lipinski definition) is 2. The van der Waals surface area contributed by atoms with Gasteiger partial charge in [0.2, 0.25) is 5.91 Å². The van der Waals surface area contributed by atoms with Gasteiger partial charge < -0.3 is 15.0 Å². The Balaban J connectivity index is 1.50. The van der Waals surface area contributed by atoms with Gasteiger partial charge in [-0.1, -0.05) is 35.5 Å². The second-order valence-electron chi connectivity index (χ2n) is 5.85. The lowest BCUT2D eigenvalue weighted by atomic mass is 10.1. The number of imidazole rings is 1. The van der Waals surface area contributed by atoms with Crippen LogP contribution in [0.1, 0.15) is 12.5 Å². The number of aromatic nitrogens is 2. The first-order valence-electron chi connectivity index (χ1n) is 8.28. The number of rotatable bonds is 7. The Kier molecular flexibility index (Phi) is 6.06. The maximum Gasteiger partial charge on any atom is 0.233 e. The van der Waals surface area contributed by atoms with Gasteiger partial charge >= 0.3 is 0 Å². The summed E-state index contributed by atoms with van der Waals surface area (Å²) in [6.45, 7) is 2.46. The predicted octanol–water partition coefficient (Wildman–Crippen LogP) is 4.06. The zero-order chi connectivity index (χ0) is 18.5. The van der Waals surface area contributed by atoms with Crippen LogP contribution in [0.2, 0.25) is 5.02 Å². The molecule has 7 heteroatoms. The number of ether oxygens (including phenoxy) is 1. The van der Waals surface area contributed by atoms with Crippen LogP contribution in [-0.2, 0) is 11.2 Å².